The van der Waals surface area contributed by atoms with Gasteiger partial charge in [-0.25, -0.2) is 14.4 Å². The molecule has 2 aromatic carbocycles. The van der Waals surface area contributed by atoms with Gasteiger partial charge >= 0.3 is 5.97 Å². The fourth-order valence-electron chi connectivity index (χ4n) is 10.4. The van der Waals surface area contributed by atoms with Crippen LogP contribution in [0.15, 0.2) is 41.8 Å². The molecule has 2 aliphatic heterocycles. The summed E-state index contributed by atoms with van der Waals surface area (Å²) in [5.41, 5.74) is 2.30. The maximum atomic E-state index is 15.2. The van der Waals surface area contributed by atoms with Crippen LogP contribution in [0.2, 0.25) is 5.02 Å². The molecule has 0 radical (unpaired) electrons. The normalized spacial score (nSPS) is 25.4. The van der Waals surface area contributed by atoms with E-state index in [4.69, 9.17) is 35.8 Å². The van der Waals surface area contributed by atoms with E-state index in [9.17, 15) is 14.3 Å². The Morgan fingerprint density at radius 2 is 1.75 bits per heavy atom. The third-order valence-corrected chi connectivity index (χ3v) is 18.0. The van der Waals surface area contributed by atoms with Gasteiger partial charge in [0.05, 0.1) is 48.6 Å². The molecule has 2 aromatic heterocycles. The molecule has 6 atom stereocenters. The van der Waals surface area contributed by atoms with Gasteiger partial charge in [-0.15, -0.1) is 11.3 Å². The van der Waals surface area contributed by atoms with Crippen molar-refractivity contribution in [2.24, 2.45) is 11.8 Å². The number of Topliss-reactive ketones (excluding diaryl/α,β-unsaturated/α-hetero) is 1. The van der Waals surface area contributed by atoms with E-state index in [1.165, 1.54) is 24.5 Å². The van der Waals surface area contributed by atoms with Crippen molar-refractivity contribution in [2.75, 3.05) is 19.0 Å². The zero-order valence-corrected chi connectivity index (χ0v) is 40.3. The molecule has 12 nitrogen and oxygen atoms in total. The lowest BCUT2D eigenvalue weighted by Crippen LogP contribution is -2.45. The first kappa shape index (κ1) is 47.4. The highest BCUT2D eigenvalue weighted by atomic mass is 35.5. The number of esters is 1. The summed E-state index contributed by atoms with van der Waals surface area (Å²) in [5, 5.41) is 5.58. The number of anilines is 1. The van der Waals surface area contributed by atoms with Crippen LogP contribution in [0.3, 0.4) is 0 Å². The number of pyridine rings is 1. The fourth-order valence-corrected chi connectivity index (χ4v) is 14.3. The van der Waals surface area contributed by atoms with Gasteiger partial charge in [0.2, 0.25) is 13.3 Å². The van der Waals surface area contributed by atoms with Crippen LogP contribution in [0, 0.1) is 24.6 Å². The molecule has 4 heterocycles. The third-order valence-electron chi connectivity index (χ3n) is 14.0. The number of rotatable bonds is 12. The molecule has 0 spiro atoms. The van der Waals surface area contributed by atoms with Gasteiger partial charge in [0.25, 0.3) is 0 Å². The fraction of sp³-hybridized carbons (Fsp3) is 0.571. The minimum Gasteiger partial charge on any atom is -0.495 e. The summed E-state index contributed by atoms with van der Waals surface area (Å²) in [7, 11) is -2.67. The average Bonchev–Trinajstić information content (AvgIpc) is 3.68. The van der Waals surface area contributed by atoms with Crippen molar-refractivity contribution in [3.8, 4) is 22.9 Å². The smallest absolute Gasteiger partial charge is 0.306 e. The number of methoxy groups -OCH3 is 1. The minimum atomic E-state index is -4.20. The third kappa shape index (κ3) is 10.4. The molecule has 2 N–H and O–H groups in total. The molecule has 16 heteroatoms. The molecular weight excluding hydrogens is 890 g/mol. The van der Waals surface area contributed by atoms with Crippen molar-refractivity contribution in [3.63, 3.8) is 0 Å². The lowest BCUT2D eigenvalue weighted by atomic mass is 9.94. The Morgan fingerprint density at radius 3 is 2.49 bits per heavy atom. The quantitative estimate of drug-likeness (QED) is 0.103. The van der Waals surface area contributed by atoms with Crippen molar-refractivity contribution in [2.45, 2.75) is 153 Å². The maximum absolute atomic E-state index is 15.2. The summed E-state index contributed by atoms with van der Waals surface area (Å²) < 4.78 is 48.3. The topological polar surface area (TPSA) is 157 Å². The molecular formula is C49H61ClFN4O8PS. The predicted octanol–water partition coefficient (Wildman–Crippen LogP) is 11.1. The van der Waals surface area contributed by atoms with Gasteiger partial charge in [0.1, 0.15) is 40.2 Å². The second-order valence-corrected chi connectivity index (χ2v) is 22.8. The summed E-state index contributed by atoms with van der Waals surface area (Å²) in [6.45, 7) is 5.82. The first-order valence-corrected chi connectivity index (χ1v) is 26.4. The summed E-state index contributed by atoms with van der Waals surface area (Å²) >= 11 is 8.35. The molecule has 8 rings (SSSR count). The van der Waals surface area contributed by atoms with Crippen LogP contribution in [-0.4, -0.2) is 80.5 Å². The van der Waals surface area contributed by atoms with Gasteiger partial charge in [-0.05, 0) is 95.4 Å². The van der Waals surface area contributed by atoms with Crippen molar-refractivity contribution < 1.29 is 42.4 Å². The van der Waals surface area contributed by atoms with Gasteiger partial charge < -0.3 is 29.3 Å². The van der Waals surface area contributed by atoms with Gasteiger partial charge in [0.15, 0.2) is 10.9 Å². The highest BCUT2D eigenvalue weighted by Gasteiger charge is 2.66. The second-order valence-electron chi connectivity index (χ2n) is 19.0. The molecule has 350 valence electrons. The number of aryl methyl sites for hydroxylation is 1. The molecule has 65 heavy (non-hydrogen) atoms. The van der Waals surface area contributed by atoms with Crippen LogP contribution in [0.1, 0.15) is 121 Å². The maximum Gasteiger partial charge on any atom is 0.306 e. The van der Waals surface area contributed by atoms with E-state index in [0.29, 0.717) is 58.6 Å². The number of hydrogen-bond acceptors (Lipinski definition) is 11. The zero-order valence-electron chi connectivity index (χ0n) is 37.8. The number of halogens is 2. The summed E-state index contributed by atoms with van der Waals surface area (Å²) in [4.78, 5) is 66.9. The summed E-state index contributed by atoms with van der Waals surface area (Å²) in [6.07, 6.45) is 7.89. The monoisotopic (exact) mass is 950 g/mol. The number of ether oxygens (including phenoxy) is 3. The lowest BCUT2D eigenvalue weighted by molar-refractivity contribution is -0.154. The summed E-state index contributed by atoms with van der Waals surface area (Å²) in [6, 6.07) is 9.09. The molecule has 0 bridgehead atoms. The standard InChI is InChI=1S/C49H61ClFN4O8PS/c1-29(2)52-48-54-39(28-65-48)38-23-43(35-19-20-42(61-4)45(50)46(35)53-38)62-34-22-40-41(56)25-49(64(59,60)27-36-30(3)13-12-18-37(36)51)24-32(49)15-9-7-5-6-8-14-31(47(58)55(40)26-34)21-44(57)63-33-16-10-11-17-33/h12-13,18-20,23,28-29,31-34,40H,5-11,14-17,21-22,24-27H2,1-4H3,(H,52,54)(H,59,60)/t31-,32-,34-,40+,49-/m1/s1. The summed E-state index contributed by atoms with van der Waals surface area (Å²) in [5.74, 6) is -1.70. The number of ketones is 1. The van der Waals surface area contributed by atoms with Crippen LogP contribution in [0.5, 0.6) is 11.5 Å². The number of thiazole rings is 1. The van der Waals surface area contributed by atoms with E-state index in [-0.39, 0.29) is 72.3 Å². The van der Waals surface area contributed by atoms with Crippen molar-refractivity contribution in [1.82, 2.24) is 14.9 Å². The zero-order chi connectivity index (χ0) is 46.0. The molecule has 2 saturated heterocycles. The second kappa shape index (κ2) is 20.0. The van der Waals surface area contributed by atoms with Crippen molar-refractivity contribution >= 4 is 64.0 Å². The van der Waals surface area contributed by atoms with Gasteiger partial charge in [-0.1, -0.05) is 55.8 Å². The van der Waals surface area contributed by atoms with Gasteiger partial charge in [0, 0.05) is 47.2 Å². The Balaban J connectivity index is 1.14. The van der Waals surface area contributed by atoms with Gasteiger partial charge in [-0.2, -0.15) is 0 Å². The first-order chi connectivity index (χ1) is 31.2. The number of aromatic nitrogens is 2. The Morgan fingerprint density at radius 1 is 1.02 bits per heavy atom. The number of carbonyl (C=O) groups excluding carboxylic acids is 3. The Kier molecular flexibility index (Phi) is 14.6. The first-order valence-electron chi connectivity index (χ1n) is 23.3. The molecule has 2 saturated carbocycles. The van der Waals surface area contributed by atoms with E-state index in [1.807, 2.05) is 25.3 Å². The molecule has 4 fully saturated rings. The highest BCUT2D eigenvalue weighted by molar-refractivity contribution is 7.59. The van der Waals surface area contributed by atoms with Crippen LogP contribution in [0.25, 0.3) is 22.3 Å². The molecule has 4 aromatic rings. The number of carbonyl (C=O) groups is 3. The van der Waals surface area contributed by atoms with E-state index in [1.54, 1.807) is 36.1 Å². The number of amides is 1. The number of nitrogens with zero attached hydrogens (tertiary/aromatic N) is 3. The Hall–Kier alpha value is -4.10. The van der Waals surface area contributed by atoms with E-state index in [2.05, 4.69) is 5.32 Å². The predicted molar refractivity (Wildman–Crippen MR) is 252 cm³/mol. The largest absolute Gasteiger partial charge is 0.495 e. The van der Waals surface area contributed by atoms with Crippen LogP contribution < -0.4 is 14.8 Å². The number of nitrogens with one attached hydrogen (secondary N) is 1. The van der Waals surface area contributed by atoms with Crippen LogP contribution in [-0.2, 0) is 29.8 Å². The Bertz CT molecular complexity index is 2440. The van der Waals surface area contributed by atoms with E-state index in [0.717, 1.165) is 62.9 Å². The molecule has 1 amide bonds. The molecule has 1 unspecified atom stereocenters. The Labute approximate surface area is 389 Å². The van der Waals surface area contributed by atoms with Gasteiger partial charge in [-0.3, -0.25) is 18.9 Å². The minimum absolute atomic E-state index is 0.0350. The van der Waals surface area contributed by atoms with Crippen molar-refractivity contribution in [1.29, 1.82) is 0 Å². The van der Waals surface area contributed by atoms with Crippen LogP contribution in [0.4, 0.5) is 9.52 Å². The van der Waals surface area contributed by atoms with Crippen LogP contribution >= 0.6 is 30.3 Å². The number of hydrogen-bond donors (Lipinski definition) is 2. The van der Waals surface area contributed by atoms with E-state index >= 15 is 14.0 Å². The number of fused-ring (bicyclic) bond motifs is 3. The lowest BCUT2D eigenvalue weighted by Gasteiger charge is -2.30. The molecule has 4 aliphatic rings. The van der Waals surface area contributed by atoms with Crippen molar-refractivity contribution in [3.05, 3.63) is 63.7 Å². The number of benzene rings is 2. The highest BCUT2D eigenvalue weighted by Crippen LogP contribution is 2.75. The SMILES string of the molecule is COc1ccc2c(O[C@@H]3C[C@H]4C(=O)C[C@]5(P(=O)(O)Cc6c(C)cccc6F)C[C@H]5CCCCCCC[C@H](CC(=O)OC5CCCC5)C(=O)N4C3)cc(-c3csc(NC(C)C)n3)nc2c1Cl. The molecule has 2 aliphatic carbocycles. The average molecular weight is 952 g/mol. The van der Waals surface area contributed by atoms with E-state index < -0.39 is 42.4 Å².